The van der Waals surface area contributed by atoms with E-state index in [0.29, 0.717) is 12.3 Å². The Hall–Kier alpha value is -0.0900. The summed E-state index contributed by atoms with van der Waals surface area (Å²) in [4.78, 5) is 2.09. The second-order valence-corrected chi connectivity index (χ2v) is 5.77. The topological polar surface area (TPSA) is 37.4 Å². The van der Waals surface area contributed by atoms with Crippen molar-refractivity contribution in [2.75, 3.05) is 19.3 Å². The van der Waals surface area contributed by atoms with Crippen LogP contribution in [0.1, 0.15) is 13.8 Å². The lowest BCUT2D eigenvalue weighted by molar-refractivity contribution is 0.253. The maximum atomic E-state index is 11.3. The van der Waals surface area contributed by atoms with Gasteiger partial charge in [-0.25, -0.2) is 8.42 Å². The highest BCUT2D eigenvalue weighted by atomic mass is 32.2. The Balaban J connectivity index is 2.84. The monoisotopic (exact) mass is 177 g/mol. The summed E-state index contributed by atoms with van der Waals surface area (Å²) in [6.07, 6.45) is 0. The fourth-order valence-electron chi connectivity index (χ4n) is 1.32. The van der Waals surface area contributed by atoms with Crippen LogP contribution in [-0.4, -0.2) is 44.0 Å². The molecule has 0 spiro atoms. The van der Waals surface area contributed by atoms with Crippen LogP contribution in [0.2, 0.25) is 0 Å². The Kier molecular flexibility index (Phi) is 2.25. The highest BCUT2D eigenvalue weighted by molar-refractivity contribution is 7.92. The minimum Gasteiger partial charge on any atom is -0.301 e. The first-order chi connectivity index (χ1) is 4.95. The van der Waals surface area contributed by atoms with Crippen molar-refractivity contribution in [1.29, 1.82) is 0 Å². The van der Waals surface area contributed by atoms with Crippen molar-refractivity contribution in [1.82, 2.24) is 4.90 Å². The molecule has 0 aromatic heterocycles. The molecule has 1 saturated heterocycles. The third-order valence-electron chi connectivity index (χ3n) is 2.67. The zero-order valence-corrected chi connectivity index (χ0v) is 8.06. The molecule has 1 heterocycles. The molecule has 11 heavy (non-hydrogen) atoms. The van der Waals surface area contributed by atoms with Gasteiger partial charge in [0.2, 0.25) is 0 Å². The predicted molar refractivity (Wildman–Crippen MR) is 45.3 cm³/mol. The smallest absolute Gasteiger partial charge is 0.155 e. The average Bonchev–Trinajstić information content (AvgIpc) is 1.95. The van der Waals surface area contributed by atoms with Gasteiger partial charge in [0.1, 0.15) is 0 Å². The fourth-order valence-corrected chi connectivity index (χ4v) is 3.04. The Morgan fingerprint density at radius 3 is 2.36 bits per heavy atom. The maximum absolute atomic E-state index is 11.3. The van der Waals surface area contributed by atoms with Gasteiger partial charge >= 0.3 is 0 Å². The van der Waals surface area contributed by atoms with E-state index in [1.54, 1.807) is 6.92 Å². The lowest BCUT2D eigenvalue weighted by Gasteiger charge is -2.34. The molecule has 1 rings (SSSR count). The molecule has 0 aromatic rings. The molecule has 0 amide bonds. The Morgan fingerprint density at radius 1 is 1.36 bits per heavy atom. The highest BCUT2D eigenvalue weighted by Gasteiger charge is 2.33. The van der Waals surface area contributed by atoms with Gasteiger partial charge in [-0.2, -0.15) is 0 Å². The van der Waals surface area contributed by atoms with Crippen LogP contribution in [0.25, 0.3) is 0 Å². The van der Waals surface area contributed by atoms with Crippen molar-refractivity contribution >= 4 is 9.84 Å². The van der Waals surface area contributed by atoms with E-state index < -0.39 is 9.84 Å². The molecule has 1 aliphatic rings. The summed E-state index contributed by atoms with van der Waals surface area (Å²) in [5.74, 6) is 0.314. The first-order valence-electron chi connectivity index (χ1n) is 3.87. The van der Waals surface area contributed by atoms with Gasteiger partial charge in [0.25, 0.3) is 0 Å². The minimum absolute atomic E-state index is 0.161. The minimum atomic E-state index is -2.79. The van der Waals surface area contributed by atoms with Gasteiger partial charge in [0.05, 0.1) is 11.0 Å². The summed E-state index contributed by atoms with van der Waals surface area (Å²) in [7, 11) is -0.817. The molecule has 0 aliphatic carbocycles. The van der Waals surface area contributed by atoms with E-state index in [9.17, 15) is 8.42 Å². The highest BCUT2D eigenvalue weighted by Crippen LogP contribution is 2.16. The molecule has 0 saturated carbocycles. The van der Waals surface area contributed by atoms with Crippen molar-refractivity contribution in [2.45, 2.75) is 25.1 Å². The van der Waals surface area contributed by atoms with Crippen LogP contribution < -0.4 is 0 Å². The van der Waals surface area contributed by atoms with Crippen LogP contribution in [-0.2, 0) is 9.84 Å². The van der Waals surface area contributed by atoms with Gasteiger partial charge in [0.15, 0.2) is 9.84 Å². The molecule has 0 N–H and O–H groups in total. The van der Waals surface area contributed by atoms with Crippen LogP contribution in [0.15, 0.2) is 0 Å². The summed E-state index contributed by atoms with van der Waals surface area (Å²) >= 11 is 0. The van der Waals surface area contributed by atoms with Crippen molar-refractivity contribution in [3.05, 3.63) is 0 Å². The van der Waals surface area contributed by atoms with Crippen LogP contribution in [0.5, 0.6) is 0 Å². The predicted octanol–water partition coefficient (Wildman–Crippen LogP) is 0.124. The SMILES string of the molecule is CC1C(C)S(=O)(=O)CCN1C. The van der Waals surface area contributed by atoms with E-state index in [2.05, 4.69) is 4.90 Å². The Labute approximate surface area is 68.3 Å². The van der Waals surface area contributed by atoms with E-state index in [4.69, 9.17) is 0 Å². The Bertz CT molecular complexity index is 235. The molecule has 4 heteroatoms. The van der Waals surface area contributed by atoms with E-state index in [1.165, 1.54) is 0 Å². The van der Waals surface area contributed by atoms with Crippen molar-refractivity contribution < 1.29 is 8.42 Å². The average molecular weight is 177 g/mol. The van der Waals surface area contributed by atoms with Gasteiger partial charge in [-0.05, 0) is 20.9 Å². The van der Waals surface area contributed by atoms with E-state index in [1.807, 2.05) is 14.0 Å². The molecule has 2 unspecified atom stereocenters. The lowest BCUT2D eigenvalue weighted by Crippen LogP contribution is -2.49. The van der Waals surface area contributed by atoms with Crippen LogP contribution in [0, 0.1) is 0 Å². The maximum Gasteiger partial charge on any atom is 0.155 e. The zero-order valence-electron chi connectivity index (χ0n) is 7.24. The summed E-state index contributed by atoms with van der Waals surface area (Å²) in [6, 6.07) is 0.161. The van der Waals surface area contributed by atoms with Gasteiger partial charge < -0.3 is 4.90 Å². The molecule has 0 aromatic carbocycles. The molecular formula is C7H15NO2S. The summed E-state index contributed by atoms with van der Waals surface area (Å²) < 4.78 is 22.6. The van der Waals surface area contributed by atoms with Crippen LogP contribution >= 0.6 is 0 Å². The van der Waals surface area contributed by atoms with E-state index >= 15 is 0 Å². The lowest BCUT2D eigenvalue weighted by atomic mass is 10.2. The quantitative estimate of drug-likeness (QED) is 0.527. The van der Waals surface area contributed by atoms with Gasteiger partial charge in [0, 0.05) is 12.6 Å². The third-order valence-corrected chi connectivity index (χ3v) is 4.95. The third kappa shape index (κ3) is 1.56. The number of hydrogen-bond acceptors (Lipinski definition) is 3. The van der Waals surface area contributed by atoms with Crippen molar-refractivity contribution in [3.8, 4) is 0 Å². The number of nitrogens with zero attached hydrogens (tertiary/aromatic N) is 1. The van der Waals surface area contributed by atoms with Crippen LogP contribution in [0.3, 0.4) is 0 Å². The van der Waals surface area contributed by atoms with Gasteiger partial charge in [-0.1, -0.05) is 0 Å². The van der Waals surface area contributed by atoms with Crippen molar-refractivity contribution in [3.63, 3.8) is 0 Å². The molecule has 0 radical (unpaired) electrons. The molecule has 1 aliphatic heterocycles. The molecule has 66 valence electrons. The molecule has 1 fully saturated rings. The molecule has 2 atom stereocenters. The van der Waals surface area contributed by atoms with E-state index in [0.717, 1.165) is 0 Å². The Morgan fingerprint density at radius 2 is 1.91 bits per heavy atom. The second-order valence-electron chi connectivity index (χ2n) is 3.29. The van der Waals surface area contributed by atoms with Crippen molar-refractivity contribution in [2.24, 2.45) is 0 Å². The molecule has 0 bridgehead atoms. The zero-order chi connectivity index (χ0) is 8.65. The number of rotatable bonds is 0. The molecular weight excluding hydrogens is 162 g/mol. The first kappa shape index (κ1) is 9.00. The summed E-state index contributed by atoms with van der Waals surface area (Å²) in [6.45, 7) is 4.42. The van der Waals surface area contributed by atoms with Gasteiger partial charge in [-0.15, -0.1) is 0 Å². The molecule has 3 nitrogen and oxygen atoms in total. The van der Waals surface area contributed by atoms with Crippen LogP contribution in [0.4, 0.5) is 0 Å². The number of sulfone groups is 1. The first-order valence-corrected chi connectivity index (χ1v) is 5.58. The second kappa shape index (κ2) is 2.75. The van der Waals surface area contributed by atoms with Gasteiger partial charge in [-0.3, -0.25) is 0 Å². The summed E-state index contributed by atoms with van der Waals surface area (Å²) in [5.41, 5.74) is 0. The standard InChI is InChI=1S/C7H15NO2S/c1-6-7(2)11(9,10)5-4-8(6)3/h6-7H,4-5H2,1-3H3. The number of hydrogen-bond donors (Lipinski definition) is 0. The van der Waals surface area contributed by atoms with E-state index in [-0.39, 0.29) is 11.3 Å². The largest absolute Gasteiger partial charge is 0.301 e. The fraction of sp³-hybridized carbons (Fsp3) is 1.00. The summed E-state index contributed by atoms with van der Waals surface area (Å²) in [5, 5.41) is -0.207. The normalized spacial score (nSPS) is 38.8.